The van der Waals surface area contributed by atoms with E-state index in [0.717, 1.165) is 17.7 Å². The smallest absolute Gasteiger partial charge is 0.305 e. The zero-order chi connectivity index (χ0) is 16.1. The van der Waals surface area contributed by atoms with Crippen molar-refractivity contribution in [3.05, 3.63) is 65.7 Å². The lowest BCUT2D eigenvalue weighted by Gasteiger charge is -2.31. The molecule has 0 amide bonds. The second-order valence-electron chi connectivity index (χ2n) is 5.02. The van der Waals surface area contributed by atoms with Crippen molar-refractivity contribution in [3.63, 3.8) is 0 Å². The maximum absolute atomic E-state index is 13.5. The molecule has 0 spiro atoms. The Bertz CT molecular complexity index is 646. The lowest BCUT2D eigenvalue weighted by atomic mass is 10.1. The van der Waals surface area contributed by atoms with Gasteiger partial charge in [-0.1, -0.05) is 30.3 Å². The van der Waals surface area contributed by atoms with Crippen LogP contribution in [-0.2, 0) is 4.79 Å². The van der Waals surface area contributed by atoms with Crippen molar-refractivity contribution < 1.29 is 18.7 Å². The van der Waals surface area contributed by atoms with E-state index in [1.54, 1.807) is 4.90 Å². The molecule has 3 nitrogen and oxygen atoms in total. The number of carboxylic acids is 1. The van der Waals surface area contributed by atoms with E-state index in [4.69, 9.17) is 5.11 Å². The number of carboxylic acid groups (broad SMARTS) is 1. The van der Waals surface area contributed by atoms with E-state index in [1.165, 1.54) is 6.07 Å². The number of hydrogen-bond acceptors (Lipinski definition) is 2. The number of hydrogen-bond donors (Lipinski definition) is 1. The highest BCUT2D eigenvalue weighted by molar-refractivity contribution is 5.67. The molecule has 0 bridgehead atoms. The number of halogens is 2. The predicted molar refractivity (Wildman–Crippen MR) is 80.8 cm³/mol. The maximum Gasteiger partial charge on any atom is 0.305 e. The first kappa shape index (κ1) is 15.9. The summed E-state index contributed by atoms with van der Waals surface area (Å²) in [6.07, 6.45) is -0.0871. The Morgan fingerprint density at radius 1 is 1.14 bits per heavy atom. The van der Waals surface area contributed by atoms with Crippen LogP contribution in [0.4, 0.5) is 14.5 Å². The molecule has 0 heterocycles. The summed E-state index contributed by atoms with van der Waals surface area (Å²) >= 11 is 0. The number of aliphatic carboxylic acids is 1. The van der Waals surface area contributed by atoms with E-state index in [0.29, 0.717) is 5.69 Å². The predicted octanol–water partition coefficient (Wildman–Crippen LogP) is 4.01. The third-order valence-corrected chi connectivity index (χ3v) is 3.55. The summed E-state index contributed by atoms with van der Waals surface area (Å²) in [4.78, 5) is 12.6. The summed E-state index contributed by atoms with van der Waals surface area (Å²) in [6.45, 7) is 2.11. The van der Waals surface area contributed by atoms with Crippen LogP contribution in [0.25, 0.3) is 0 Å². The molecule has 0 aliphatic heterocycles. The molecular weight excluding hydrogens is 288 g/mol. The number of rotatable bonds is 6. The number of carbonyl (C=O) groups is 1. The van der Waals surface area contributed by atoms with Gasteiger partial charge in [-0.3, -0.25) is 4.79 Å². The molecule has 1 N–H and O–H groups in total. The minimum atomic E-state index is -0.946. The largest absolute Gasteiger partial charge is 0.481 e. The average Bonchev–Trinajstić information content (AvgIpc) is 2.51. The van der Waals surface area contributed by atoms with Crippen molar-refractivity contribution in [1.82, 2.24) is 0 Å². The van der Waals surface area contributed by atoms with Gasteiger partial charge in [-0.25, -0.2) is 8.78 Å². The van der Waals surface area contributed by atoms with Gasteiger partial charge in [-0.2, -0.15) is 0 Å². The zero-order valence-electron chi connectivity index (χ0n) is 12.2. The fourth-order valence-corrected chi connectivity index (χ4v) is 2.34. The highest BCUT2D eigenvalue weighted by Gasteiger charge is 2.18. The highest BCUT2D eigenvalue weighted by Crippen LogP contribution is 2.28. The lowest BCUT2D eigenvalue weighted by Crippen LogP contribution is -2.29. The second kappa shape index (κ2) is 7.02. The Morgan fingerprint density at radius 2 is 1.82 bits per heavy atom. The first-order chi connectivity index (χ1) is 10.5. The van der Waals surface area contributed by atoms with Crippen LogP contribution in [0.2, 0.25) is 0 Å². The molecule has 1 atom stereocenters. The lowest BCUT2D eigenvalue weighted by molar-refractivity contribution is -0.136. The van der Waals surface area contributed by atoms with E-state index >= 15 is 0 Å². The van der Waals surface area contributed by atoms with Gasteiger partial charge >= 0.3 is 5.97 Å². The fourth-order valence-electron chi connectivity index (χ4n) is 2.34. The molecule has 0 saturated heterocycles. The molecule has 0 aromatic heterocycles. The van der Waals surface area contributed by atoms with Crippen molar-refractivity contribution in [3.8, 4) is 0 Å². The van der Waals surface area contributed by atoms with E-state index < -0.39 is 17.6 Å². The van der Waals surface area contributed by atoms with E-state index in [2.05, 4.69) is 0 Å². The van der Waals surface area contributed by atoms with Crippen molar-refractivity contribution in [1.29, 1.82) is 0 Å². The van der Waals surface area contributed by atoms with Gasteiger partial charge in [0.2, 0.25) is 0 Å². The molecule has 2 aromatic rings. The third kappa shape index (κ3) is 3.81. The van der Waals surface area contributed by atoms with Crippen LogP contribution in [0.1, 0.15) is 24.9 Å². The van der Waals surface area contributed by atoms with Gasteiger partial charge in [-0.15, -0.1) is 0 Å². The van der Waals surface area contributed by atoms with Crippen LogP contribution >= 0.6 is 0 Å². The van der Waals surface area contributed by atoms with Gasteiger partial charge < -0.3 is 10.0 Å². The maximum atomic E-state index is 13.5. The monoisotopic (exact) mass is 305 g/mol. The van der Waals surface area contributed by atoms with E-state index in [-0.39, 0.29) is 19.0 Å². The van der Waals surface area contributed by atoms with Gasteiger partial charge in [0, 0.05) is 18.3 Å². The van der Waals surface area contributed by atoms with E-state index in [9.17, 15) is 13.6 Å². The van der Waals surface area contributed by atoms with Crippen LogP contribution in [0, 0.1) is 11.6 Å². The summed E-state index contributed by atoms with van der Waals surface area (Å²) in [5.41, 5.74) is 1.43. The molecule has 1 unspecified atom stereocenters. The Morgan fingerprint density at radius 3 is 2.41 bits per heavy atom. The molecule has 0 radical (unpaired) electrons. The SMILES string of the molecule is CC(c1ccccc1)N(CCC(=O)O)c1ccc(F)c(F)c1. The summed E-state index contributed by atoms with van der Waals surface area (Å²) in [7, 11) is 0. The topological polar surface area (TPSA) is 40.5 Å². The van der Waals surface area contributed by atoms with Crippen molar-refractivity contribution in [2.75, 3.05) is 11.4 Å². The van der Waals surface area contributed by atoms with Crippen LogP contribution in [0.3, 0.4) is 0 Å². The van der Waals surface area contributed by atoms with Gasteiger partial charge in [0.1, 0.15) is 0 Å². The van der Waals surface area contributed by atoms with Crippen molar-refractivity contribution in [2.24, 2.45) is 0 Å². The molecule has 2 aromatic carbocycles. The molecule has 2 rings (SSSR count). The Kier molecular flexibility index (Phi) is 5.09. The standard InChI is InChI=1S/C17H17F2NO2/c1-12(13-5-3-2-4-6-13)20(10-9-17(21)22)14-7-8-15(18)16(19)11-14/h2-8,11-12H,9-10H2,1H3,(H,21,22). The number of benzene rings is 2. The summed E-state index contributed by atoms with van der Waals surface area (Å²) in [5, 5.41) is 8.90. The molecular formula is C17H17F2NO2. The summed E-state index contributed by atoms with van der Waals surface area (Å²) < 4.78 is 26.6. The number of anilines is 1. The third-order valence-electron chi connectivity index (χ3n) is 3.55. The Labute approximate surface area is 127 Å². The quantitative estimate of drug-likeness (QED) is 0.876. The first-order valence-electron chi connectivity index (χ1n) is 6.97. The summed E-state index contributed by atoms with van der Waals surface area (Å²) in [5.74, 6) is -2.81. The molecule has 5 heteroatoms. The molecule has 22 heavy (non-hydrogen) atoms. The molecule has 0 aliphatic carbocycles. The van der Waals surface area contributed by atoms with Gasteiger partial charge in [0.05, 0.1) is 12.5 Å². The van der Waals surface area contributed by atoms with Crippen LogP contribution in [0.15, 0.2) is 48.5 Å². The van der Waals surface area contributed by atoms with Crippen molar-refractivity contribution >= 4 is 11.7 Å². The molecule has 0 saturated carbocycles. The number of nitrogens with zero attached hydrogens (tertiary/aromatic N) is 1. The minimum Gasteiger partial charge on any atom is -0.481 e. The second-order valence-corrected chi connectivity index (χ2v) is 5.02. The highest BCUT2D eigenvalue weighted by atomic mass is 19.2. The first-order valence-corrected chi connectivity index (χ1v) is 6.97. The molecule has 0 aliphatic rings. The fraction of sp³-hybridized carbons (Fsp3) is 0.235. The van der Waals surface area contributed by atoms with Crippen LogP contribution in [-0.4, -0.2) is 17.6 Å². The van der Waals surface area contributed by atoms with Crippen LogP contribution < -0.4 is 4.90 Å². The zero-order valence-corrected chi connectivity index (χ0v) is 12.2. The molecule has 116 valence electrons. The van der Waals surface area contributed by atoms with Crippen molar-refractivity contribution in [2.45, 2.75) is 19.4 Å². The van der Waals surface area contributed by atoms with Crippen LogP contribution in [0.5, 0.6) is 0 Å². The Balaban J connectivity index is 2.33. The molecule has 0 fully saturated rings. The minimum absolute atomic E-state index is 0.0871. The Hall–Kier alpha value is -2.43. The van der Waals surface area contributed by atoms with Gasteiger partial charge in [-0.05, 0) is 24.6 Å². The van der Waals surface area contributed by atoms with Gasteiger partial charge in [0.25, 0.3) is 0 Å². The van der Waals surface area contributed by atoms with E-state index in [1.807, 2.05) is 37.3 Å². The van der Waals surface area contributed by atoms with Gasteiger partial charge in [0.15, 0.2) is 11.6 Å². The average molecular weight is 305 g/mol. The summed E-state index contributed by atoms with van der Waals surface area (Å²) in [6, 6.07) is 12.9. The normalized spacial score (nSPS) is 12.0.